The third-order valence-corrected chi connectivity index (χ3v) is 5.81. The van der Waals surface area contributed by atoms with E-state index >= 15 is 0 Å². The SMILES string of the molecule is Cc1cc(-c2cc(C)c(N=CCc3ccccn3)c(C)c2)cc(C)c1N=CCc1ccccn1. The summed E-state index contributed by atoms with van der Waals surface area (Å²) < 4.78 is 0. The van der Waals surface area contributed by atoms with Gasteiger partial charge in [0.1, 0.15) is 0 Å². The molecule has 2 aromatic heterocycles. The fraction of sp³-hybridized carbons (Fsp3) is 0.200. The van der Waals surface area contributed by atoms with Crippen molar-refractivity contribution in [3.63, 3.8) is 0 Å². The molecular weight excluding hydrogens is 416 g/mol. The summed E-state index contributed by atoms with van der Waals surface area (Å²) in [6.07, 6.45) is 8.97. The second-order valence-corrected chi connectivity index (χ2v) is 8.59. The van der Waals surface area contributed by atoms with Gasteiger partial charge in [0.2, 0.25) is 0 Å². The van der Waals surface area contributed by atoms with Crippen molar-refractivity contribution in [2.75, 3.05) is 0 Å². The van der Waals surface area contributed by atoms with Gasteiger partial charge in [-0.2, -0.15) is 0 Å². The standard InChI is InChI=1S/C30H30N4/c1-21-17-25(18-22(2)29(21)33-15-11-27-9-5-7-13-31-27)26-19-23(3)30(24(4)20-26)34-16-12-28-10-6-8-14-32-28/h5-10,13-20H,11-12H2,1-4H3. The molecule has 0 fully saturated rings. The van der Waals surface area contributed by atoms with Crippen LogP contribution in [0, 0.1) is 27.7 Å². The predicted octanol–water partition coefficient (Wildman–Crippen LogP) is 7.27. The van der Waals surface area contributed by atoms with E-state index in [0.717, 1.165) is 35.6 Å². The molecule has 0 aliphatic heterocycles. The zero-order valence-corrected chi connectivity index (χ0v) is 20.3. The Morgan fingerprint density at radius 3 is 1.29 bits per heavy atom. The van der Waals surface area contributed by atoms with Gasteiger partial charge in [0.15, 0.2) is 0 Å². The van der Waals surface area contributed by atoms with Crippen LogP contribution in [0.1, 0.15) is 33.6 Å². The first-order valence-corrected chi connectivity index (χ1v) is 11.6. The highest BCUT2D eigenvalue weighted by Gasteiger charge is 2.09. The quantitative estimate of drug-likeness (QED) is 0.280. The lowest BCUT2D eigenvalue weighted by Crippen LogP contribution is -1.92. The smallest absolute Gasteiger partial charge is 0.0684 e. The summed E-state index contributed by atoms with van der Waals surface area (Å²) in [6, 6.07) is 20.8. The van der Waals surface area contributed by atoms with Crippen molar-refractivity contribution < 1.29 is 0 Å². The summed E-state index contributed by atoms with van der Waals surface area (Å²) in [5, 5.41) is 0. The Hall–Kier alpha value is -3.92. The van der Waals surface area contributed by atoms with Crippen LogP contribution >= 0.6 is 0 Å². The van der Waals surface area contributed by atoms with E-state index in [0.29, 0.717) is 0 Å². The van der Waals surface area contributed by atoms with Crippen LogP contribution in [0.5, 0.6) is 0 Å². The summed E-state index contributed by atoms with van der Waals surface area (Å²) >= 11 is 0. The molecule has 4 aromatic rings. The lowest BCUT2D eigenvalue weighted by molar-refractivity contribution is 1.15. The van der Waals surface area contributed by atoms with E-state index in [2.05, 4.69) is 61.9 Å². The van der Waals surface area contributed by atoms with E-state index in [1.807, 2.05) is 61.2 Å². The number of pyridine rings is 2. The van der Waals surface area contributed by atoms with Crippen LogP contribution in [-0.2, 0) is 12.8 Å². The van der Waals surface area contributed by atoms with Crippen molar-refractivity contribution in [1.29, 1.82) is 0 Å². The molecule has 0 atom stereocenters. The van der Waals surface area contributed by atoms with Crippen LogP contribution in [0.4, 0.5) is 11.4 Å². The zero-order valence-electron chi connectivity index (χ0n) is 20.3. The van der Waals surface area contributed by atoms with E-state index in [1.54, 1.807) is 0 Å². The molecule has 4 nitrogen and oxygen atoms in total. The number of nitrogens with zero attached hydrogens (tertiary/aromatic N) is 4. The van der Waals surface area contributed by atoms with Crippen molar-refractivity contribution in [3.8, 4) is 11.1 Å². The van der Waals surface area contributed by atoms with Crippen molar-refractivity contribution in [2.24, 2.45) is 9.98 Å². The highest BCUT2D eigenvalue weighted by molar-refractivity contribution is 5.77. The molecule has 0 bridgehead atoms. The van der Waals surface area contributed by atoms with Crippen LogP contribution in [0.2, 0.25) is 0 Å². The zero-order chi connectivity index (χ0) is 23.9. The van der Waals surface area contributed by atoms with Crippen LogP contribution in [0.3, 0.4) is 0 Å². The first kappa shape index (κ1) is 23.2. The van der Waals surface area contributed by atoms with Gasteiger partial charge in [-0.3, -0.25) is 20.0 Å². The van der Waals surface area contributed by atoms with Crippen molar-refractivity contribution >= 4 is 23.8 Å². The average Bonchev–Trinajstić information content (AvgIpc) is 2.83. The maximum atomic E-state index is 4.75. The summed E-state index contributed by atoms with van der Waals surface area (Å²) in [4.78, 5) is 18.2. The van der Waals surface area contributed by atoms with Gasteiger partial charge in [-0.25, -0.2) is 0 Å². The number of hydrogen-bond donors (Lipinski definition) is 0. The minimum Gasteiger partial charge on any atom is -0.261 e. The second kappa shape index (κ2) is 10.8. The fourth-order valence-electron chi connectivity index (χ4n) is 4.15. The van der Waals surface area contributed by atoms with E-state index < -0.39 is 0 Å². The molecule has 2 heterocycles. The molecule has 0 N–H and O–H groups in total. The van der Waals surface area contributed by atoms with Gasteiger partial charge in [-0.15, -0.1) is 0 Å². The van der Waals surface area contributed by atoms with E-state index in [9.17, 15) is 0 Å². The molecule has 34 heavy (non-hydrogen) atoms. The molecule has 0 spiro atoms. The summed E-state index contributed by atoms with van der Waals surface area (Å²) in [7, 11) is 0. The van der Waals surface area contributed by atoms with E-state index in [1.165, 1.54) is 33.4 Å². The largest absolute Gasteiger partial charge is 0.261 e. The maximum absolute atomic E-state index is 4.75. The average molecular weight is 447 g/mol. The highest BCUT2D eigenvalue weighted by atomic mass is 14.7. The Balaban J connectivity index is 1.53. The third-order valence-electron chi connectivity index (χ3n) is 5.81. The predicted molar refractivity (Wildman–Crippen MR) is 143 cm³/mol. The monoisotopic (exact) mass is 446 g/mol. The molecule has 0 saturated carbocycles. The minimum atomic E-state index is 0.724. The van der Waals surface area contributed by atoms with Gasteiger partial charge >= 0.3 is 0 Å². The molecular formula is C30H30N4. The summed E-state index contributed by atoms with van der Waals surface area (Å²) in [5.74, 6) is 0. The summed E-state index contributed by atoms with van der Waals surface area (Å²) in [6.45, 7) is 8.50. The number of aromatic nitrogens is 2. The topological polar surface area (TPSA) is 50.5 Å². The van der Waals surface area contributed by atoms with Crippen LogP contribution in [0.15, 0.2) is 83.0 Å². The van der Waals surface area contributed by atoms with Crippen molar-refractivity contribution in [1.82, 2.24) is 9.97 Å². The molecule has 0 aliphatic rings. The number of rotatable bonds is 7. The van der Waals surface area contributed by atoms with Gasteiger partial charge in [-0.05, 0) is 110 Å². The molecule has 0 radical (unpaired) electrons. The number of aryl methyl sites for hydroxylation is 4. The van der Waals surface area contributed by atoms with Gasteiger partial charge in [0.25, 0.3) is 0 Å². The Morgan fingerprint density at radius 1 is 0.588 bits per heavy atom. The number of hydrogen-bond acceptors (Lipinski definition) is 4. The Labute approximate surface area is 202 Å². The molecule has 0 unspecified atom stereocenters. The van der Waals surface area contributed by atoms with Gasteiger partial charge in [-0.1, -0.05) is 12.1 Å². The van der Waals surface area contributed by atoms with E-state index in [-0.39, 0.29) is 0 Å². The Morgan fingerprint density at radius 2 is 0.971 bits per heavy atom. The van der Waals surface area contributed by atoms with Crippen LogP contribution in [0.25, 0.3) is 11.1 Å². The molecule has 0 aliphatic carbocycles. The Bertz CT molecular complexity index is 1170. The number of benzene rings is 2. The highest BCUT2D eigenvalue weighted by Crippen LogP contribution is 2.34. The molecule has 4 heteroatoms. The normalized spacial score (nSPS) is 11.5. The lowest BCUT2D eigenvalue weighted by atomic mass is 9.95. The van der Waals surface area contributed by atoms with Crippen molar-refractivity contribution in [3.05, 3.63) is 107 Å². The van der Waals surface area contributed by atoms with E-state index in [4.69, 9.17) is 9.98 Å². The van der Waals surface area contributed by atoms with Crippen LogP contribution < -0.4 is 0 Å². The first-order chi connectivity index (χ1) is 16.5. The Kier molecular flexibility index (Phi) is 7.38. The van der Waals surface area contributed by atoms with Gasteiger partial charge in [0, 0.05) is 49.1 Å². The van der Waals surface area contributed by atoms with Gasteiger partial charge in [0.05, 0.1) is 11.4 Å². The second-order valence-electron chi connectivity index (χ2n) is 8.59. The molecule has 0 amide bonds. The first-order valence-electron chi connectivity index (χ1n) is 11.6. The third kappa shape index (κ3) is 5.70. The maximum Gasteiger partial charge on any atom is 0.0684 e. The van der Waals surface area contributed by atoms with Crippen LogP contribution in [-0.4, -0.2) is 22.4 Å². The summed E-state index contributed by atoms with van der Waals surface area (Å²) in [5.41, 5.74) is 11.2. The fourth-order valence-corrected chi connectivity index (χ4v) is 4.15. The molecule has 2 aromatic carbocycles. The van der Waals surface area contributed by atoms with Gasteiger partial charge < -0.3 is 0 Å². The molecule has 170 valence electrons. The minimum absolute atomic E-state index is 0.724. The molecule has 4 rings (SSSR count). The van der Waals surface area contributed by atoms with Crippen molar-refractivity contribution in [2.45, 2.75) is 40.5 Å². The number of aliphatic imine (C=N–C) groups is 2. The molecule has 0 saturated heterocycles. The lowest BCUT2D eigenvalue weighted by Gasteiger charge is -2.13.